The molecular weight excluding hydrogens is 382 g/mol. The molecule has 0 saturated carbocycles. The SMILES string of the molecule is COc1ccc(Br)c(CNC(CCSC)C(=O)O)c1OC(C)C. The molecule has 5 nitrogen and oxygen atoms in total. The number of benzene rings is 1. The quantitative estimate of drug-likeness (QED) is 0.620. The minimum Gasteiger partial charge on any atom is -0.493 e. The second-order valence-electron chi connectivity index (χ2n) is 5.28. The Kier molecular flexibility index (Phi) is 8.79. The molecule has 1 atom stereocenters. The summed E-state index contributed by atoms with van der Waals surface area (Å²) in [4.78, 5) is 11.4. The van der Waals surface area contributed by atoms with E-state index in [4.69, 9.17) is 9.47 Å². The first-order chi connectivity index (χ1) is 10.9. The number of halogens is 1. The summed E-state index contributed by atoms with van der Waals surface area (Å²) in [7, 11) is 1.59. The molecule has 1 aromatic carbocycles. The van der Waals surface area contributed by atoms with E-state index >= 15 is 0 Å². The van der Waals surface area contributed by atoms with Gasteiger partial charge in [0.2, 0.25) is 0 Å². The van der Waals surface area contributed by atoms with Crippen molar-refractivity contribution in [3.8, 4) is 11.5 Å². The third kappa shape index (κ3) is 6.24. The number of methoxy groups -OCH3 is 1. The molecule has 7 heteroatoms. The van der Waals surface area contributed by atoms with E-state index in [0.717, 1.165) is 15.8 Å². The van der Waals surface area contributed by atoms with Crippen molar-refractivity contribution in [2.24, 2.45) is 0 Å². The van der Waals surface area contributed by atoms with Crippen LogP contribution in [0.3, 0.4) is 0 Å². The van der Waals surface area contributed by atoms with Gasteiger partial charge in [-0.1, -0.05) is 15.9 Å². The number of ether oxygens (including phenoxy) is 2. The number of carboxylic acids is 1. The van der Waals surface area contributed by atoms with Crippen molar-refractivity contribution in [2.45, 2.75) is 39.0 Å². The predicted molar refractivity (Wildman–Crippen MR) is 97.7 cm³/mol. The van der Waals surface area contributed by atoms with Crippen LogP contribution in [0.2, 0.25) is 0 Å². The van der Waals surface area contributed by atoms with Gasteiger partial charge in [0.05, 0.1) is 13.2 Å². The molecule has 0 aliphatic rings. The van der Waals surface area contributed by atoms with Crippen molar-refractivity contribution in [1.29, 1.82) is 0 Å². The molecule has 2 N–H and O–H groups in total. The maximum Gasteiger partial charge on any atom is 0.320 e. The second-order valence-corrected chi connectivity index (χ2v) is 7.12. The van der Waals surface area contributed by atoms with Crippen molar-refractivity contribution >= 4 is 33.7 Å². The van der Waals surface area contributed by atoms with Gasteiger partial charge in [0.25, 0.3) is 0 Å². The lowest BCUT2D eigenvalue weighted by molar-refractivity contribution is -0.139. The topological polar surface area (TPSA) is 67.8 Å². The lowest BCUT2D eigenvalue weighted by atomic mass is 10.1. The highest BCUT2D eigenvalue weighted by Crippen LogP contribution is 2.37. The van der Waals surface area contributed by atoms with E-state index in [1.54, 1.807) is 18.9 Å². The van der Waals surface area contributed by atoms with Crippen molar-refractivity contribution in [1.82, 2.24) is 5.32 Å². The molecule has 0 fully saturated rings. The molecule has 0 heterocycles. The first-order valence-corrected chi connectivity index (χ1v) is 9.56. The summed E-state index contributed by atoms with van der Waals surface area (Å²) in [5.41, 5.74) is 0.855. The van der Waals surface area contributed by atoms with Crippen LogP contribution >= 0.6 is 27.7 Å². The van der Waals surface area contributed by atoms with Crippen molar-refractivity contribution in [2.75, 3.05) is 19.1 Å². The number of carboxylic acid groups (broad SMARTS) is 1. The first-order valence-electron chi connectivity index (χ1n) is 7.37. The zero-order chi connectivity index (χ0) is 17.4. The first kappa shape index (κ1) is 20.1. The van der Waals surface area contributed by atoms with Gasteiger partial charge in [-0.2, -0.15) is 11.8 Å². The molecule has 0 spiro atoms. The number of thioether (sulfide) groups is 1. The van der Waals surface area contributed by atoms with Crippen LogP contribution in [-0.4, -0.2) is 42.3 Å². The van der Waals surface area contributed by atoms with Gasteiger partial charge in [-0.15, -0.1) is 0 Å². The smallest absolute Gasteiger partial charge is 0.320 e. The largest absolute Gasteiger partial charge is 0.493 e. The van der Waals surface area contributed by atoms with Gasteiger partial charge in [-0.05, 0) is 44.4 Å². The van der Waals surface area contributed by atoms with Crippen LogP contribution in [0.4, 0.5) is 0 Å². The summed E-state index contributed by atoms with van der Waals surface area (Å²) in [6.45, 7) is 4.26. The van der Waals surface area contributed by atoms with Crippen LogP contribution in [-0.2, 0) is 11.3 Å². The Morgan fingerprint density at radius 3 is 2.65 bits per heavy atom. The molecule has 130 valence electrons. The van der Waals surface area contributed by atoms with Crippen LogP contribution in [0.1, 0.15) is 25.8 Å². The second kappa shape index (κ2) is 10.1. The number of rotatable bonds is 10. The Bertz CT molecular complexity index is 525. The molecule has 23 heavy (non-hydrogen) atoms. The van der Waals surface area contributed by atoms with E-state index in [2.05, 4.69) is 21.2 Å². The van der Waals surface area contributed by atoms with E-state index in [-0.39, 0.29) is 6.10 Å². The molecule has 0 saturated heterocycles. The van der Waals surface area contributed by atoms with Gasteiger partial charge >= 0.3 is 5.97 Å². The Morgan fingerprint density at radius 2 is 2.13 bits per heavy atom. The number of carbonyl (C=O) groups is 1. The van der Waals surface area contributed by atoms with Gasteiger partial charge in [0.1, 0.15) is 6.04 Å². The van der Waals surface area contributed by atoms with Crippen LogP contribution in [0.25, 0.3) is 0 Å². The van der Waals surface area contributed by atoms with E-state index < -0.39 is 12.0 Å². The highest BCUT2D eigenvalue weighted by Gasteiger charge is 2.20. The molecule has 0 aliphatic carbocycles. The van der Waals surface area contributed by atoms with E-state index in [1.165, 1.54) is 0 Å². The molecule has 0 aromatic heterocycles. The van der Waals surface area contributed by atoms with Crippen LogP contribution in [0.5, 0.6) is 11.5 Å². The molecule has 1 rings (SSSR count). The Morgan fingerprint density at radius 1 is 1.43 bits per heavy atom. The Balaban J connectivity index is 2.98. The fraction of sp³-hybridized carbons (Fsp3) is 0.562. The zero-order valence-corrected chi connectivity index (χ0v) is 16.3. The average Bonchev–Trinajstić information content (AvgIpc) is 2.49. The molecule has 1 aromatic rings. The van der Waals surface area contributed by atoms with Crippen molar-refractivity contribution in [3.63, 3.8) is 0 Å². The van der Waals surface area contributed by atoms with E-state index in [9.17, 15) is 9.90 Å². The van der Waals surface area contributed by atoms with Gasteiger partial charge in [0, 0.05) is 16.6 Å². The Labute approximate surface area is 150 Å². The summed E-state index contributed by atoms with van der Waals surface area (Å²) in [6, 6.07) is 3.11. The summed E-state index contributed by atoms with van der Waals surface area (Å²) < 4.78 is 12.1. The summed E-state index contributed by atoms with van der Waals surface area (Å²) in [6.07, 6.45) is 2.52. The number of hydrogen-bond acceptors (Lipinski definition) is 5. The number of hydrogen-bond donors (Lipinski definition) is 2. The van der Waals surface area contributed by atoms with Crippen LogP contribution in [0.15, 0.2) is 16.6 Å². The summed E-state index contributed by atoms with van der Waals surface area (Å²) in [5, 5.41) is 12.4. The van der Waals surface area contributed by atoms with Gasteiger partial charge < -0.3 is 19.9 Å². The maximum atomic E-state index is 11.4. The van der Waals surface area contributed by atoms with Crippen molar-refractivity contribution in [3.05, 3.63) is 22.2 Å². The molecular formula is C16H24BrNO4S. The maximum absolute atomic E-state index is 11.4. The van der Waals surface area contributed by atoms with E-state index in [1.807, 2.05) is 32.2 Å². The highest BCUT2D eigenvalue weighted by atomic mass is 79.9. The minimum atomic E-state index is -0.843. The molecule has 0 radical (unpaired) electrons. The molecule has 1 unspecified atom stereocenters. The zero-order valence-electron chi connectivity index (χ0n) is 13.9. The molecule has 0 amide bonds. The monoisotopic (exact) mass is 405 g/mol. The Hall–Kier alpha value is -0.920. The lowest BCUT2D eigenvalue weighted by Crippen LogP contribution is -2.36. The van der Waals surface area contributed by atoms with Crippen molar-refractivity contribution < 1.29 is 19.4 Å². The summed E-state index contributed by atoms with van der Waals surface area (Å²) in [5.74, 6) is 1.22. The molecule has 0 bridgehead atoms. The third-order valence-corrected chi connectivity index (χ3v) is 4.56. The number of aliphatic carboxylic acids is 1. The lowest BCUT2D eigenvalue weighted by Gasteiger charge is -2.20. The fourth-order valence-corrected chi connectivity index (χ4v) is 2.97. The summed E-state index contributed by atoms with van der Waals surface area (Å²) >= 11 is 5.15. The standard InChI is InChI=1S/C16H24BrNO4S/c1-10(2)22-15-11(12(17)5-6-14(15)21-3)9-18-13(16(19)20)7-8-23-4/h5-6,10,13,18H,7-9H2,1-4H3,(H,19,20). The van der Waals surface area contributed by atoms with Gasteiger partial charge in [-0.3, -0.25) is 4.79 Å². The minimum absolute atomic E-state index is 0.0105. The van der Waals surface area contributed by atoms with Gasteiger partial charge in [-0.25, -0.2) is 0 Å². The van der Waals surface area contributed by atoms with Crippen LogP contribution in [0, 0.1) is 0 Å². The highest BCUT2D eigenvalue weighted by molar-refractivity contribution is 9.10. The van der Waals surface area contributed by atoms with E-state index in [0.29, 0.717) is 24.5 Å². The van der Waals surface area contributed by atoms with Crippen LogP contribution < -0.4 is 14.8 Å². The normalized spacial score (nSPS) is 12.3. The fourth-order valence-electron chi connectivity index (χ4n) is 2.05. The molecule has 0 aliphatic heterocycles. The van der Waals surface area contributed by atoms with Gasteiger partial charge in [0.15, 0.2) is 11.5 Å². The predicted octanol–water partition coefficient (Wildman–Crippen LogP) is 3.54. The number of nitrogens with one attached hydrogen (secondary N) is 1. The third-order valence-electron chi connectivity index (χ3n) is 3.17. The average molecular weight is 406 g/mol.